The van der Waals surface area contributed by atoms with Gasteiger partial charge in [0.05, 0.1) is 17.6 Å². The summed E-state index contributed by atoms with van der Waals surface area (Å²) in [4.78, 5) is 4.18. The van der Waals surface area contributed by atoms with E-state index in [4.69, 9.17) is 5.73 Å². The summed E-state index contributed by atoms with van der Waals surface area (Å²) >= 11 is 0. The molecule has 0 aliphatic heterocycles. The molecule has 2 aromatic rings. The SMILES string of the molecule is Cc1cn(-c2ccc(N)cn2)nc1C. The molecule has 4 nitrogen and oxygen atoms in total. The van der Waals surface area contributed by atoms with E-state index in [1.165, 1.54) is 0 Å². The van der Waals surface area contributed by atoms with Crippen LogP contribution in [-0.4, -0.2) is 14.8 Å². The molecule has 2 N–H and O–H groups in total. The van der Waals surface area contributed by atoms with Crippen LogP contribution in [0.4, 0.5) is 5.69 Å². The fourth-order valence-corrected chi connectivity index (χ4v) is 1.20. The zero-order valence-corrected chi connectivity index (χ0v) is 8.23. The van der Waals surface area contributed by atoms with Crippen LogP contribution in [0.5, 0.6) is 0 Å². The number of nitrogens with zero attached hydrogens (tertiary/aromatic N) is 3. The Morgan fingerprint density at radius 2 is 2.07 bits per heavy atom. The number of rotatable bonds is 1. The quantitative estimate of drug-likeness (QED) is 0.737. The van der Waals surface area contributed by atoms with E-state index in [9.17, 15) is 0 Å². The van der Waals surface area contributed by atoms with Crippen molar-refractivity contribution in [1.29, 1.82) is 0 Å². The van der Waals surface area contributed by atoms with Crippen molar-refractivity contribution in [2.24, 2.45) is 0 Å². The monoisotopic (exact) mass is 188 g/mol. The van der Waals surface area contributed by atoms with Crippen LogP contribution in [0, 0.1) is 13.8 Å². The van der Waals surface area contributed by atoms with Gasteiger partial charge >= 0.3 is 0 Å². The zero-order valence-electron chi connectivity index (χ0n) is 8.23. The number of hydrogen-bond acceptors (Lipinski definition) is 3. The number of anilines is 1. The number of pyridine rings is 1. The summed E-state index contributed by atoms with van der Waals surface area (Å²) in [6.45, 7) is 4.00. The molecule has 0 fully saturated rings. The standard InChI is InChI=1S/C10H12N4/c1-7-6-14(13-8(7)2)10-4-3-9(11)5-12-10/h3-6H,11H2,1-2H3. The van der Waals surface area contributed by atoms with Gasteiger partial charge in [-0.05, 0) is 31.5 Å². The van der Waals surface area contributed by atoms with Crippen molar-refractivity contribution in [2.45, 2.75) is 13.8 Å². The predicted molar refractivity (Wildman–Crippen MR) is 55.2 cm³/mol. The second-order valence-corrected chi connectivity index (χ2v) is 3.29. The van der Waals surface area contributed by atoms with Gasteiger partial charge in [-0.25, -0.2) is 9.67 Å². The molecule has 0 radical (unpaired) electrons. The molecule has 0 atom stereocenters. The average molecular weight is 188 g/mol. The first kappa shape index (κ1) is 8.74. The summed E-state index contributed by atoms with van der Waals surface area (Å²) in [6, 6.07) is 3.66. The third-order valence-electron chi connectivity index (χ3n) is 2.15. The van der Waals surface area contributed by atoms with Crippen molar-refractivity contribution in [3.05, 3.63) is 35.8 Å². The van der Waals surface area contributed by atoms with Crippen LogP contribution in [-0.2, 0) is 0 Å². The molecule has 0 aromatic carbocycles. The number of nitrogen functional groups attached to an aromatic ring is 1. The van der Waals surface area contributed by atoms with Gasteiger partial charge in [0.15, 0.2) is 5.82 Å². The van der Waals surface area contributed by atoms with E-state index in [1.807, 2.05) is 32.2 Å². The van der Waals surface area contributed by atoms with E-state index in [1.54, 1.807) is 10.9 Å². The maximum absolute atomic E-state index is 5.55. The lowest BCUT2D eigenvalue weighted by molar-refractivity contribution is 0.833. The summed E-state index contributed by atoms with van der Waals surface area (Å²) in [7, 11) is 0. The number of nitrogens with two attached hydrogens (primary N) is 1. The predicted octanol–water partition coefficient (Wildman–Crippen LogP) is 1.47. The van der Waals surface area contributed by atoms with Gasteiger partial charge in [-0.15, -0.1) is 0 Å². The molecule has 0 amide bonds. The topological polar surface area (TPSA) is 56.7 Å². The van der Waals surface area contributed by atoms with Crippen molar-refractivity contribution in [1.82, 2.24) is 14.8 Å². The van der Waals surface area contributed by atoms with Gasteiger partial charge in [-0.1, -0.05) is 0 Å². The fraction of sp³-hybridized carbons (Fsp3) is 0.200. The summed E-state index contributed by atoms with van der Waals surface area (Å²) in [5.41, 5.74) is 8.38. The van der Waals surface area contributed by atoms with E-state index in [2.05, 4.69) is 10.1 Å². The molecule has 0 saturated carbocycles. The third-order valence-corrected chi connectivity index (χ3v) is 2.15. The number of hydrogen-bond donors (Lipinski definition) is 1. The number of aryl methyl sites for hydroxylation is 2. The minimum absolute atomic E-state index is 0.661. The molecule has 0 aliphatic carbocycles. The molecule has 0 unspecified atom stereocenters. The van der Waals surface area contributed by atoms with Crippen molar-refractivity contribution >= 4 is 5.69 Å². The second-order valence-electron chi connectivity index (χ2n) is 3.29. The Morgan fingerprint density at radius 1 is 1.29 bits per heavy atom. The van der Waals surface area contributed by atoms with Gasteiger partial charge < -0.3 is 5.73 Å². The zero-order chi connectivity index (χ0) is 10.1. The Labute approximate surface area is 82.4 Å². The van der Waals surface area contributed by atoms with Crippen LogP contribution >= 0.6 is 0 Å². The Morgan fingerprint density at radius 3 is 2.57 bits per heavy atom. The molecule has 2 heterocycles. The molecule has 4 heteroatoms. The van der Waals surface area contributed by atoms with Crippen molar-refractivity contribution < 1.29 is 0 Å². The highest BCUT2D eigenvalue weighted by Crippen LogP contribution is 2.09. The average Bonchev–Trinajstić information content (AvgIpc) is 2.48. The van der Waals surface area contributed by atoms with E-state index in [0.29, 0.717) is 5.69 Å². The fourth-order valence-electron chi connectivity index (χ4n) is 1.20. The molecular weight excluding hydrogens is 176 g/mol. The van der Waals surface area contributed by atoms with Crippen molar-refractivity contribution in [3.8, 4) is 5.82 Å². The summed E-state index contributed by atoms with van der Waals surface area (Å²) in [5, 5.41) is 4.32. The summed E-state index contributed by atoms with van der Waals surface area (Å²) in [6.07, 6.45) is 3.58. The van der Waals surface area contributed by atoms with Gasteiger partial charge in [-0.3, -0.25) is 0 Å². The van der Waals surface area contributed by atoms with E-state index < -0.39 is 0 Å². The lowest BCUT2D eigenvalue weighted by atomic mass is 10.3. The Balaban J connectivity index is 2.44. The van der Waals surface area contributed by atoms with Crippen LogP contribution < -0.4 is 5.73 Å². The van der Waals surface area contributed by atoms with Crippen LogP contribution in [0.2, 0.25) is 0 Å². The highest BCUT2D eigenvalue weighted by Gasteiger charge is 2.02. The highest BCUT2D eigenvalue weighted by molar-refractivity contribution is 5.38. The van der Waals surface area contributed by atoms with Crippen LogP contribution in [0.15, 0.2) is 24.5 Å². The normalized spacial score (nSPS) is 10.4. The smallest absolute Gasteiger partial charge is 0.153 e. The first-order valence-corrected chi connectivity index (χ1v) is 4.41. The largest absolute Gasteiger partial charge is 0.397 e. The van der Waals surface area contributed by atoms with E-state index >= 15 is 0 Å². The lowest BCUT2D eigenvalue weighted by Gasteiger charge is -1.99. The van der Waals surface area contributed by atoms with E-state index in [-0.39, 0.29) is 0 Å². The lowest BCUT2D eigenvalue weighted by Crippen LogP contribution is -1.98. The van der Waals surface area contributed by atoms with Crippen LogP contribution in [0.3, 0.4) is 0 Å². The Hall–Kier alpha value is -1.84. The molecule has 0 bridgehead atoms. The van der Waals surface area contributed by atoms with Crippen molar-refractivity contribution in [3.63, 3.8) is 0 Å². The molecule has 2 rings (SSSR count). The molecule has 0 spiro atoms. The van der Waals surface area contributed by atoms with Crippen molar-refractivity contribution in [2.75, 3.05) is 5.73 Å². The third kappa shape index (κ3) is 1.46. The molecule has 2 aromatic heterocycles. The minimum Gasteiger partial charge on any atom is -0.397 e. The molecule has 0 aliphatic rings. The van der Waals surface area contributed by atoms with E-state index in [0.717, 1.165) is 17.1 Å². The molecule has 72 valence electrons. The Bertz CT molecular complexity index is 422. The first-order valence-electron chi connectivity index (χ1n) is 4.41. The number of aromatic nitrogens is 3. The molecule has 14 heavy (non-hydrogen) atoms. The minimum atomic E-state index is 0.661. The van der Waals surface area contributed by atoms with Gasteiger partial charge in [0.1, 0.15) is 0 Å². The van der Waals surface area contributed by atoms with Gasteiger partial charge in [0.25, 0.3) is 0 Å². The van der Waals surface area contributed by atoms with Gasteiger partial charge in [0.2, 0.25) is 0 Å². The maximum Gasteiger partial charge on any atom is 0.153 e. The van der Waals surface area contributed by atoms with Gasteiger partial charge in [-0.2, -0.15) is 5.10 Å². The highest BCUT2D eigenvalue weighted by atomic mass is 15.3. The maximum atomic E-state index is 5.55. The first-order chi connectivity index (χ1) is 6.66. The van der Waals surface area contributed by atoms with Crippen LogP contribution in [0.1, 0.15) is 11.3 Å². The van der Waals surface area contributed by atoms with Gasteiger partial charge in [0, 0.05) is 6.20 Å². The Kier molecular flexibility index (Phi) is 1.96. The summed E-state index contributed by atoms with van der Waals surface area (Å²) in [5.74, 6) is 0.787. The second kappa shape index (κ2) is 3.14. The van der Waals surface area contributed by atoms with Crippen LogP contribution in [0.25, 0.3) is 5.82 Å². The molecular formula is C10H12N4. The summed E-state index contributed by atoms with van der Waals surface area (Å²) < 4.78 is 1.75. The molecule has 0 saturated heterocycles.